The highest BCUT2D eigenvalue weighted by Crippen LogP contribution is 2.32. The van der Waals surface area contributed by atoms with E-state index < -0.39 is 66.4 Å². The van der Waals surface area contributed by atoms with Crippen LogP contribution >= 0.6 is 0 Å². The number of hydrogen-bond acceptors (Lipinski definition) is 17. The van der Waals surface area contributed by atoms with Crippen molar-refractivity contribution in [3.63, 3.8) is 0 Å². The smallest absolute Gasteiger partial charge is 0.463 e. The van der Waals surface area contributed by atoms with Gasteiger partial charge in [0.15, 0.2) is 12.2 Å². The zero-order valence-corrected chi connectivity index (χ0v) is 35.8. The van der Waals surface area contributed by atoms with Gasteiger partial charge in [-0.1, -0.05) is 24.3 Å². The molecule has 2 saturated heterocycles. The lowest BCUT2D eigenvalue weighted by atomic mass is 10.1. The summed E-state index contributed by atoms with van der Waals surface area (Å²) in [5.41, 5.74) is 2.10. The molecule has 0 bridgehead atoms. The van der Waals surface area contributed by atoms with E-state index in [2.05, 4.69) is 6.58 Å². The van der Waals surface area contributed by atoms with Gasteiger partial charge in [-0.3, -0.25) is 0 Å². The van der Waals surface area contributed by atoms with Gasteiger partial charge >= 0.3 is 42.0 Å². The van der Waals surface area contributed by atoms with Crippen LogP contribution in [0.25, 0.3) is 0 Å². The Morgan fingerprint density at radius 2 is 0.806 bits per heavy atom. The quantitative estimate of drug-likeness (QED) is 0.0225. The topological polar surface area (TPSA) is 212 Å². The Bertz CT molecular complexity index is 2590. The van der Waals surface area contributed by atoms with Gasteiger partial charge in [-0.15, -0.1) is 0 Å². The van der Waals surface area contributed by atoms with Crippen molar-refractivity contribution in [1.29, 1.82) is 0 Å². The number of fused-ring (bicyclic) bond motifs is 1. The predicted molar refractivity (Wildman–Crippen MR) is 232 cm³/mol. The molecule has 0 saturated carbocycles. The third-order valence-corrected chi connectivity index (χ3v) is 10.1. The highest BCUT2D eigenvalue weighted by atomic mass is 16.7. The van der Waals surface area contributed by atoms with Gasteiger partial charge in [0.05, 0.1) is 54.2 Å². The molecule has 67 heavy (non-hydrogen) atoms. The average molecular weight is 915 g/mol. The molecule has 4 atom stereocenters. The van der Waals surface area contributed by atoms with Gasteiger partial charge in [0.2, 0.25) is 0 Å². The summed E-state index contributed by atoms with van der Waals surface area (Å²) in [6, 6.07) is 29.8. The first-order valence-corrected chi connectivity index (χ1v) is 20.8. The molecule has 2 aliphatic rings. The molecule has 7 rings (SSSR count). The summed E-state index contributed by atoms with van der Waals surface area (Å²) >= 11 is 0. The number of ether oxygens (including phenoxy) is 10. The predicted octanol–water partition coefficient (Wildman–Crippen LogP) is 7.23. The first-order chi connectivity index (χ1) is 32.4. The van der Waals surface area contributed by atoms with Gasteiger partial charge in [0, 0.05) is 6.08 Å². The van der Waals surface area contributed by atoms with Gasteiger partial charge in [-0.2, -0.15) is 0 Å². The van der Waals surface area contributed by atoms with E-state index in [4.69, 9.17) is 47.4 Å². The van der Waals surface area contributed by atoms with E-state index in [1.165, 1.54) is 97.1 Å². The fourth-order valence-electron chi connectivity index (χ4n) is 6.58. The molecule has 344 valence electrons. The zero-order valence-electron chi connectivity index (χ0n) is 35.8. The molecule has 0 amide bonds. The fourth-order valence-corrected chi connectivity index (χ4v) is 6.58. The third-order valence-electron chi connectivity index (χ3n) is 10.1. The third kappa shape index (κ3) is 12.8. The van der Waals surface area contributed by atoms with Crippen molar-refractivity contribution < 1.29 is 80.9 Å². The lowest BCUT2D eigenvalue weighted by molar-refractivity contribution is -0.137. The van der Waals surface area contributed by atoms with Crippen LogP contribution in [0, 0.1) is 6.92 Å². The number of unbranched alkanes of at least 4 members (excludes halogenated alkanes) is 1. The molecule has 2 heterocycles. The molecular weight excluding hydrogens is 873 g/mol. The van der Waals surface area contributed by atoms with Gasteiger partial charge < -0.3 is 47.4 Å². The van der Waals surface area contributed by atoms with Crippen LogP contribution in [0.2, 0.25) is 0 Å². The van der Waals surface area contributed by atoms with Gasteiger partial charge in [0.1, 0.15) is 35.2 Å². The van der Waals surface area contributed by atoms with Crippen LogP contribution in [0.3, 0.4) is 0 Å². The standard InChI is InChI=1S/C50H42O17/c1-3-42(51)58-26-4-5-27-59-50(57)65-39-24-16-33(17-25-39)47(54)63-36-18-10-32(11-19-36)46(53)64-38-22-14-35(15-23-38)49(56)67-41-29-61-43-40(28-60-44(41)43)66-48(55)34-12-20-37(21-13-34)62-45(52)31-8-6-30(2)7-9-31/h3,6-25,40-41,43-44H,1,4-5,26-29H2,2H3/t40-,41-,43?,44?/m0/s1. The van der Waals surface area contributed by atoms with Gasteiger partial charge in [0.25, 0.3) is 0 Å². The summed E-state index contributed by atoms with van der Waals surface area (Å²) < 4.78 is 54.2. The molecule has 2 unspecified atom stereocenters. The maximum atomic E-state index is 13.1. The van der Waals surface area contributed by atoms with Gasteiger partial charge in [-0.05, 0) is 129 Å². The van der Waals surface area contributed by atoms with Crippen molar-refractivity contribution in [1.82, 2.24) is 0 Å². The summed E-state index contributed by atoms with van der Waals surface area (Å²) in [4.78, 5) is 87.1. The number of carbonyl (C=O) groups is 7. The molecule has 0 N–H and O–H groups in total. The molecule has 0 radical (unpaired) electrons. The molecule has 17 nitrogen and oxygen atoms in total. The fraction of sp³-hybridized carbons (Fsp3) is 0.220. The second-order valence-corrected chi connectivity index (χ2v) is 14.9. The number of aryl methyl sites for hydroxylation is 1. The van der Waals surface area contributed by atoms with E-state index in [-0.39, 0.29) is 71.7 Å². The van der Waals surface area contributed by atoms with Crippen LogP contribution in [0.4, 0.5) is 4.79 Å². The second-order valence-electron chi connectivity index (χ2n) is 14.9. The van der Waals surface area contributed by atoms with Gasteiger partial charge in [-0.25, -0.2) is 33.6 Å². The Morgan fingerprint density at radius 3 is 1.18 bits per heavy atom. The monoisotopic (exact) mass is 914 g/mol. The minimum Gasteiger partial charge on any atom is -0.463 e. The first-order valence-electron chi connectivity index (χ1n) is 20.8. The first kappa shape index (κ1) is 46.8. The van der Waals surface area contributed by atoms with Crippen LogP contribution in [-0.2, 0) is 33.2 Å². The molecule has 5 aromatic carbocycles. The maximum absolute atomic E-state index is 13.1. The number of esters is 6. The van der Waals surface area contributed by atoms with Crippen LogP contribution in [0.1, 0.15) is 70.2 Å². The van der Waals surface area contributed by atoms with Crippen molar-refractivity contribution in [3.8, 4) is 23.0 Å². The summed E-state index contributed by atoms with van der Waals surface area (Å²) in [5.74, 6) is -3.11. The lowest BCUT2D eigenvalue weighted by Gasteiger charge is -2.17. The SMILES string of the molecule is C=CC(=O)OCCCCOC(=O)Oc1ccc(C(=O)Oc2ccc(C(=O)Oc3ccc(C(=O)O[C@H]4COC5C4OC[C@@H]5OC(=O)c4ccc(OC(=O)c5ccc(C)cc5)cc4)cc3)cc2)cc1. The summed E-state index contributed by atoms with van der Waals surface area (Å²) in [7, 11) is 0. The summed E-state index contributed by atoms with van der Waals surface area (Å²) in [6.07, 6.45) is -1.86. The van der Waals surface area contributed by atoms with E-state index in [0.717, 1.165) is 11.6 Å². The van der Waals surface area contributed by atoms with Crippen molar-refractivity contribution in [2.24, 2.45) is 0 Å². The molecule has 5 aromatic rings. The van der Waals surface area contributed by atoms with Crippen molar-refractivity contribution in [2.45, 2.75) is 44.2 Å². The molecule has 17 heteroatoms. The zero-order chi connectivity index (χ0) is 47.3. The normalized spacial score (nSPS) is 16.9. The number of benzene rings is 5. The van der Waals surface area contributed by atoms with E-state index in [1.807, 2.05) is 6.92 Å². The highest BCUT2D eigenvalue weighted by molar-refractivity contribution is 5.94. The number of carbonyl (C=O) groups excluding carboxylic acids is 7. The average Bonchev–Trinajstić information content (AvgIpc) is 3.93. The van der Waals surface area contributed by atoms with Crippen LogP contribution in [-0.4, -0.2) is 92.8 Å². The van der Waals surface area contributed by atoms with Crippen LogP contribution in [0.15, 0.2) is 134 Å². The van der Waals surface area contributed by atoms with Crippen molar-refractivity contribution >= 4 is 42.0 Å². The largest absolute Gasteiger partial charge is 0.513 e. The second kappa shape index (κ2) is 22.2. The van der Waals surface area contributed by atoms with E-state index >= 15 is 0 Å². The van der Waals surface area contributed by atoms with E-state index in [1.54, 1.807) is 24.3 Å². The molecule has 2 aliphatic heterocycles. The molecule has 2 fully saturated rings. The number of rotatable bonds is 17. The molecule has 0 spiro atoms. The molecular formula is C50H42O17. The Hall–Kier alpha value is -8.15. The minimum atomic E-state index is -0.939. The Labute approximate surface area is 383 Å². The maximum Gasteiger partial charge on any atom is 0.513 e. The van der Waals surface area contributed by atoms with E-state index in [0.29, 0.717) is 18.4 Å². The number of hydrogen-bond donors (Lipinski definition) is 0. The summed E-state index contributed by atoms with van der Waals surface area (Å²) in [6.45, 7) is 5.46. The Balaban J connectivity index is 0.811. The van der Waals surface area contributed by atoms with E-state index in [9.17, 15) is 33.6 Å². The Morgan fingerprint density at radius 1 is 0.478 bits per heavy atom. The Kier molecular flexibility index (Phi) is 15.5. The summed E-state index contributed by atoms with van der Waals surface area (Å²) in [5, 5.41) is 0. The minimum absolute atomic E-state index is 0.00861. The van der Waals surface area contributed by atoms with Crippen molar-refractivity contribution in [3.05, 3.63) is 167 Å². The lowest BCUT2D eigenvalue weighted by Crippen LogP contribution is -2.36. The molecule has 0 aliphatic carbocycles. The van der Waals surface area contributed by atoms with Crippen LogP contribution < -0.4 is 18.9 Å². The molecule has 0 aromatic heterocycles. The van der Waals surface area contributed by atoms with Crippen molar-refractivity contribution in [2.75, 3.05) is 26.4 Å². The highest BCUT2D eigenvalue weighted by Gasteiger charge is 2.51. The van der Waals surface area contributed by atoms with Crippen LogP contribution in [0.5, 0.6) is 23.0 Å².